The molecule has 0 spiro atoms. The van der Waals surface area contributed by atoms with Gasteiger partial charge in [-0.15, -0.1) is 11.3 Å². The summed E-state index contributed by atoms with van der Waals surface area (Å²) in [6.45, 7) is 2.63. The zero-order chi connectivity index (χ0) is 22.1. The molecule has 2 saturated heterocycles. The molecule has 0 radical (unpaired) electrons. The lowest BCUT2D eigenvalue weighted by Gasteiger charge is -2.37. The zero-order valence-electron chi connectivity index (χ0n) is 18.2. The third kappa shape index (κ3) is 4.17. The van der Waals surface area contributed by atoms with Gasteiger partial charge < -0.3 is 14.7 Å². The van der Waals surface area contributed by atoms with Crippen LogP contribution in [-0.2, 0) is 4.79 Å². The quantitative estimate of drug-likeness (QED) is 0.532. The van der Waals surface area contributed by atoms with Gasteiger partial charge in [-0.25, -0.2) is 14.8 Å². The monoisotopic (exact) mass is 472 g/mol. The first-order chi connectivity index (χ1) is 15.6. The number of fused-ring (bicyclic) bond motifs is 2. The second kappa shape index (κ2) is 9.27. The van der Waals surface area contributed by atoms with Gasteiger partial charge in [0, 0.05) is 32.4 Å². The largest absolute Gasteiger partial charge is 0.343 e. The Morgan fingerprint density at radius 2 is 1.94 bits per heavy atom. The first kappa shape index (κ1) is 21.5. The van der Waals surface area contributed by atoms with Gasteiger partial charge in [0.25, 0.3) is 5.91 Å². The van der Waals surface area contributed by atoms with Gasteiger partial charge in [-0.1, -0.05) is 36.7 Å². The number of likely N-dealkylation sites (N-methyl/N-ethyl adjacent to an activating group) is 1. The number of guanidine groups is 1. The van der Waals surface area contributed by atoms with Crippen molar-refractivity contribution in [2.24, 2.45) is 4.99 Å². The Labute approximate surface area is 196 Å². The second-order valence-corrected chi connectivity index (χ2v) is 10.8. The SMILES string of the molecule is CN1C(=O)NC(=O)C2C1N=C(N1CCCCCC1)N2CCCSc1nc2ccccc2s1. The molecule has 32 heavy (non-hydrogen) atoms. The predicted molar refractivity (Wildman–Crippen MR) is 128 cm³/mol. The molecule has 2 aromatic rings. The summed E-state index contributed by atoms with van der Waals surface area (Å²) >= 11 is 3.49. The van der Waals surface area contributed by atoms with Crippen molar-refractivity contribution in [3.05, 3.63) is 24.3 Å². The van der Waals surface area contributed by atoms with Crippen LogP contribution in [0.15, 0.2) is 33.6 Å². The van der Waals surface area contributed by atoms with Gasteiger partial charge in [0.05, 0.1) is 10.2 Å². The predicted octanol–water partition coefficient (Wildman–Crippen LogP) is 3.20. The molecule has 5 rings (SSSR count). The number of benzene rings is 1. The highest BCUT2D eigenvalue weighted by Gasteiger charge is 2.49. The van der Waals surface area contributed by atoms with Crippen molar-refractivity contribution in [1.29, 1.82) is 0 Å². The number of amides is 3. The Kier molecular flexibility index (Phi) is 6.23. The molecule has 2 atom stereocenters. The first-order valence-electron chi connectivity index (χ1n) is 11.3. The summed E-state index contributed by atoms with van der Waals surface area (Å²) in [6.07, 6.45) is 5.18. The summed E-state index contributed by atoms with van der Waals surface area (Å²) in [6, 6.07) is 7.38. The number of aromatic nitrogens is 1. The van der Waals surface area contributed by atoms with Gasteiger partial charge >= 0.3 is 6.03 Å². The normalized spacial score (nSPS) is 23.9. The lowest BCUT2D eigenvalue weighted by Crippen LogP contribution is -2.64. The summed E-state index contributed by atoms with van der Waals surface area (Å²) < 4.78 is 2.28. The molecule has 0 aliphatic carbocycles. The minimum Gasteiger partial charge on any atom is -0.343 e. The van der Waals surface area contributed by atoms with Crippen LogP contribution in [0.1, 0.15) is 32.1 Å². The number of nitrogens with one attached hydrogen (secondary N) is 1. The Morgan fingerprint density at radius 3 is 2.72 bits per heavy atom. The molecule has 4 heterocycles. The summed E-state index contributed by atoms with van der Waals surface area (Å²) in [4.78, 5) is 40.6. The molecule has 3 amide bonds. The summed E-state index contributed by atoms with van der Waals surface area (Å²) in [5.74, 6) is 1.55. The van der Waals surface area contributed by atoms with E-state index >= 15 is 0 Å². The number of carbonyl (C=O) groups excluding carboxylic acids is 2. The van der Waals surface area contributed by atoms with Crippen molar-refractivity contribution >= 4 is 51.2 Å². The van der Waals surface area contributed by atoms with E-state index in [2.05, 4.69) is 21.2 Å². The Bertz CT molecular complexity index is 999. The third-order valence-corrected chi connectivity index (χ3v) is 8.54. The summed E-state index contributed by atoms with van der Waals surface area (Å²) in [5, 5.41) is 2.50. The van der Waals surface area contributed by atoms with Crippen molar-refractivity contribution in [2.45, 2.75) is 48.7 Å². The van der Waals surface area contributed by atoms with Crippen LogP contribution in [0.5, 0.6) is 0 Å². The van der Waals surface area contributed by atoms with E-state index < -0.39 is 12.2 Å². The van der Waals surface area contributed by atoms with Gasteiger partial charge in [0.1, 0.15) is 0 Å². The van der Waals surface area contributed by atoms with E-state index in [0.717, 1.165) is 60.5 Å². The molecule has 1 aromatic heterocycles. The molecular weight excluding hydrogens is 444 g/mol. The number of urea groups is 1. The van der Waals surface area contributed by atoms with Crippen LogP contribution in [0.2, 0.25) is 0 Å². The molecule has 3 aliphatic heterocycles. The number of nitrogens with zero attached hydrogens (tertiary/aromatic N) is 5. The van der Waals surface area contributed by atoms with E-state index in [9.17, 15) is 9.59 Å². The molecule has 1 N–H and O–H groups in total. The number of imide groups is 1. The average Bonchev–Trinajstić information content (AvgIpc) is 3.27. The number of para-hydroxylation sites is 1. The molecule has 8 nitrogen and oxygen atoms in total. The highest BCUT2D eigenvalue weighted by Crippen LogP contribution is 2.31. The maximum Gasteiger partial charge on any atom is 0.325 e. The number of likely N-dealkylation sites (tertiary alicyclic amines) is 1. The average molecular weight is 473 g/mol. The number of aliphatic imine (C=N–C) groups is 1. The van der Waals surface area contributed by atoms with Crippen LogP contribution < -0.4 is 5.32 Å². The Hall–Kier alpha value is -2.33. The Morgan fingerprint density at radius 1 is 1.16 bits per heavy atom. The molecular formula is C22H28N6O2S2. The molecule has 0 saturated carbocycles. The standard InChI is InChI=1S/C22H28N6O2S2/c1-26-18-17(19(29)25-21(26)30)28(20(24-18)27-11-6-2-3-7-12-27)13-8-14-31-22-23-15-9-4-5-10-16(15)32-22/h4-5,9-10,17-18H,2-3,6-8,11-14H2,1H3,(H,25,29,30). The van der Waals surface area contributed by atoms with E-state index in [1.54, 1.807) is 35.0 Å². The fraction of sp³-hybridized carbons (Fsp3) is 0.545. The molecule has 0 bridgehead atoms. The van der Waals surface area contributed by atoms with Crippen LogP contribution in [0.3, 0.4) is 0 Å². The lowest BCUT2D eigenvalue weighted by molar-refractivity contribution is -0.127. The fourth-order valence-corrected chi connectivity index (χ4v) is 6.65. The maximum absolute atomic E-state index is 12.8. The highest BCUT2D eigenvalue weighted by atomic mass is 32.2. The smallest absolute Gasteiger partial charge is 0.325 e. The van der Waals surface area contributed by atoms with E-state index in [1.165, 1.54) is 17.5 Å². The molecule has 2 fully saturated rings. The van der Waals surface area contributed by atoms with Gasteiger partial charge in [-0.05, 0) is 31.4 Å². The molecule has 3 aliphatic rings. The maximum atomic E-state index is 12.8. The third-order valence-electron chi connectivity index (χ3n) is 6.27. The van der Waals surface area contributed by atoms with E-state index in [0.29, 0.717) is 0 Å². The van der Waals surface area contributed by atoms with Crippen molar-refractivity contribution in [3.63, 3.8) is 0 Å². The van der Waals surface area contributed by atoms with Gasteiger partial charge in [-0.3, -0.25) is 10.1 Å². The summed E-state index contributed by atoms with van der Waals surface area (Å²) in [5.41, 5.74) is 1.05. The minimum atomic E-state index is -0.455. The number of hydrogen-bond donors (Lipinski definition) is 1. The van der Waals surface area contributed by atoms with Crippen molar-refractivity contribution in [2.75, 3.05) is 32.4 Å². The highest BCUT2D eigenvalue weighted by molar-refractivity contribution is 8.01. The van der Waals surface area contributed by atoms with E-state index in [-0.39, 0.29) is 11.9 Å². The molecule has 10 heteroatoms. The van der Waals surface area contributed by atoms with E-state index in [1.807, 2.05) is 18.2 Å². The van der Waals surface area contributed by atoms with Gasteiger partial charge in [0.2, 0.25) is 0 Å². The number of hydrogen-bond acceptors (Lipinski definition) is 8. The van der Waals surface area contributed by atoms with Crippen molar-refractivity contribution < 1.29 is 9.59 Å². The molecule has 2 unspecified atom stereocenters. The minimum absolute atomic E-state index is 0.245. The van der Waals surface area contributed by atoms with Gasteiger partial charge in [-0.2, -0.15) is 0 Å². The number of thiazole rings is 1. The van der Waals surface area contributed by atoms with E-state index in [4.69, 9.17) is 9.98 Å². The van der Waals surface area contributed by atoms with Crippen LogP contribution in [-0.4, -0.2) is 82.2 Å². The fourth-order valence-electron chi connectivity index (χ4n) is 4.59. The van der Waals surface area contributed by atoms with Crippen molar-refractivity contribution in [3.8, 4) is 0 Å². The van der Waals surface area contributed by atoms with Crippen molar-refractivity contribution in [1.82, 2.24) is 25.0 Å². The zero-order valence-corrected chi connectivity index (χ0v) is 19.8. The first-order valence-corrected chi connectivity index (χ1v) is 13.1. The molecule has 1 aromatic carbocycles. The topological polar surface area (TPSA) is 81.1 Å². The number of carbonyl (C=O) groups is 2. The second-order valence-electron chi connectivity index (χ2n) is 8.44. The van der Waals surface area contributed by atoms with Crippen LogP contribution in [0.4, 0.5) is 4.79 Å². The van der Waals surface area contributed by atoms with Gasteiger partial charge in [0.15, 0.2) is 22.5 Å². The lowest BCUT2D eigenvalue weighted by atomic mass is 10.1. The van der Waals surface area contributed by atoms with Crippen LogP contribution >= 0.6 is 23.1 Å². The number of thioether (sulfide) groups is 1. The van der Waals surface area contributed by atoms with Crippen LogP contribution in [0, 0.1) is 0 Å². The van der Waals surface area contributed by atoms with Crippen LogP contribution in [0.25, 0.3) is 10.2 Å². The summed E-state index contributed by atoms with van der Waals surface area (Å²) in [7, 11) is 1.72. The molecule has 170 valence electrons. The number of rotatable bonds is 5. The Balaban J connectivity index is 1.28.